The lowest BCUT2D eigenvalue weighted by atomic mass is 10.0. The summed E-state index contributed by atoms with van der Waals surface area (Å²) in [5.74, 6) is 0. The van der Waals surface area contributed by atoms with Gasteiger partial charge in [-0.05, 0) is 30.7 Å². The van der Waals surface area contributed by atoms with Crippen molar-refractivity contribution in [2.75, 3.05) is 11.9 Å². The van der Waals surface area contributed by atoms with Crippen LogP contribution >= 0.6 is 0 Å². The normalized spacial score (nSPS) is 13.9. The summed E-state index contributed by atoms with van der Waals surface area (Å²) < 4.78 is 0. The highest BCUT2D eigenvalue weighted by Gasteiger charge is 2.23. The van der Waals surface area contributed by atoms with Crippen LogP contribution in [0.2, 0.25) is 0 Å². The van der Waals surface area contributed by atoms with Crippen LogP contribution in [0.3, 0.4) is 0 Å². The van der Waals surface area contributed by atoms with E-state index in [0.717, 1.165) is 29.7 Å². The third-order valence-electron chi connectivity index (χ3n) is 4.44. The second-order valence-electron chi connectivity index (χ2n) is 6.10. The zero-order valence-electron chi connectivity index (χ0n) is 13.1. The topological polar surface area (TPSA) is 48.1 Å². The number of hydrogen-bond acceptors (Lipinski definition) is 1. The van der Waals surface area contributed by atoms with Gasteiger partial charge in [-0.25, -0.2) is 4.79 Å². The van der Waals surface area contributed by atoms with Crippen LogP contribution in [-0.4, -0.2) is 22.5 Å². The highest BCUT2D eigenvalue weighted by atomic mass is 16.2. The van der Waals surface area contributed by atoms with E-state index >= 15 is 0 Å². The van der Waals surface area contributed by atoms with Crippen molar-refractivity contribution in [1.82, 2.24) is 9.88 Å². The molecule has 3 aromatic rings. The second kappa shape index (κ2) is 5.47. The maximum absolute atomic E-state index is 12.6. The summed E-state index contributed by atoms with van der Waals surface area (Å²) in [5, 5.41) is 4.22. The monoisotopic (exact) mass is 305 g/mol. The van der Waals surface area contributed by atoms with E-state index in [-0.39, 0.29) is 6.03 Å². The number of aromatic amines is 1. The Kier molecular flexibility index (Phi) is 3.30. The Morgan fingerprint density at radius 3 is 2.91 bits per heavy atom. The fraction of sp³-hybridized carbons (Fsp3) is 0.211. The minimum absolute atomic E-state index is 0.0356. The van der Waals surface area contributed by atoms with Gasteiger partial charge in [0.1, 0.15) is 0 Å². The maximum atomic E-state index is 12.6. The van der Waals surface area contributed by atoms with Gasteiger partial charge in [-0.15, -0.1) is 0 Å². The van der Waals surface area contributed by atoms with E-state index < -0.39 is 0 Å². The first-order chi connectivity index (χ1) is 11.2. The summed E-state index contributed by atoms with van der Waals surface area (Å²) in [6, 6.07) is 16.1. The van der Waals surface area contributed by atoms with Crippen LogP contribution in [-0.2, 0) is 13.0 Å². The Hall–Kier alpha value is -2.75. The highest BCUT2D eigenvalue weighted by molar-refractivity contribution is 5.91. The number of carbonyl (C=O) groups excluding carboxylic acids is 1. The Labute approximate surface area is 135 Å². The molecule has 2 heterocycles. The SMILES string of the molecule is Cc1cccc(NC(=O)N2CCc3[nH]c4ccccc4c3C2)c1. The largest absolute Gasteiger partial charge is 0.358 e. The first kappa shape index (κ1) is 13.9. The van der Waals surface area contributed by atoms with Crippen molar-refractivity contribution in [3.8, 4) is 0 Å². The van der Waals surface area contributed by atoms with Gasteiger partial charge in [-0.2, -0.15) is 0 Å². The number of hydrogen-bond donors (Lipinski definition) is 2. The summed E-state index contributed by atoms with van der Waals surface area (Å²) in [4.78, 5) is 17.9. The quantitative estimate of drug-likeness (QED) is 0.699. The minimum Gasteiger partial charge on any atom is -0.358 e. The molecule has 0 aliphatic carbocycles. The van der Waals surface area contributed by atoms with Gasteiger partial charge in [-0.1, -0.05) is 30.3 Å². The number of nitrogens with one attached hydrogen (secondary N) is 2. The van der Waals surface area contributed by atoms with Crippen molar-refractivity contribution in [2.45, 2.75) is 19.9 Å². The van der Waals surface area contributed by atoms with Crippen LogP contribution in [0, 0.1) is 6.92 Å². The average Bonchev–Trinajstić information content (AvgIpc) is 2.92. The van der Waals surface area contributed by atoms with Crippen molar-refractivity contribution in [3.63, 3.8) is 0 Å². The average molecular weight is 305 g/mol. The van der Waals surface area contributed by atoms with E-state index in [1.54, 1.807) is 0 Å². The van der Waals surface area contributed by atoms with Crippen LogP contribution in [0.4, 0.5) is 10.5 Å². The van der Waals surface area contributed by atoms with Gasteiger partial charge in [0, 0.05) is 47.4 Å². The number of fused-ring (bicyclic) bond motifs is 3. The lowest BCUT2D eigenvalue weighted by molar-refractivity contribution is 0.206. The van der Waals surface area contributed by atoms with Gasteiger partial charge in [0.2, 0.25) is 0 Å². The predicted molar refractivity (Wildman–Crippen MR) is 92.6 cm³/mol. The molecule has 116 valence electrons. The number of nitrogens with zero attached hydrogens (tertiary/aromatic N) is 1. The molecule has 4 rings (SSSR count). The Balaban J connectivity index is 1.56. The van der Waals surface area contributed by atoms with Gasteiger partial charge in [0.25, 0.3) is 0 Å². The van der Waals surface area contributed by atoms with E-state index in [9.17, 15) is 4.79 Å². The third kappa shape index (κ3) is 2.57. The van der Waals surface area contributed by atoms with Crippen LogP contribution in [0.15, 0.2) is 48.5 Å². The smallest absolute Gasteiger partial charge is 0.322 e. The number of amides is 2. The summed E-state index contributed by atoms with van der Waals surface area (Å²) >= 11 is 0. The molecule has 0 radical (unpaired) electrons. The number of urea groups is 1. The Morgan fingerprint density at radius 1 is 1.17 bits per heavy atom. The summed E-state index contributed by atoms with van der Waals surface area (Å²) in [6.45, 7) is 3.41. The van der Waals surface area contributed by atoms with Crippen LogP contribution in [0.25, 0.3) is 10.9 Å². The molecule has 4 nitrogen and oxygen atoms in total. The molecule has 0 saturated carbocycles. The van der Waals surface area contributed by atoms with Crippen molar-refractivity contribution in [1.29, 1.82) is 0 Å². The Morgan fingerprint density at radius 2 is 2.04 bits per heavy atom. The fourth-order valence-corrected chi connectivity index (χ4v) is 3.27. The van der Waals surface area contributed by atoms with Gasteiger partial charge >= 0.3 is 6.03 Å². The summed E-state index contributed by atoms with van der Waals surface area (Å²) in [5.41, 5.74) is 5.63. The first-order valence-corrected chi connectivity index (χ1v) is 7.92. The van der Waals surface area contributed by atoms with Crippen molar-refractivity contribution >= 4 is 22.6 Å². The van der Waals surface area contributed by atoms with E-state index in [1.165, 1.54) is 16.6 Å². The lowest BCUT2D eigenvalue weighted by Crippen LogP contribution is -2.38. The first-order valence-electron chi connectivity index (χ1n) is 7.92. The van der Waals surface area contributed by atoms with Gasteiger partial charge in [-0.3, -0.25) is 0 Å². The molecule has 4 heteroatoms. The lowest BCUT2D eigenvalue weighted by Gasteiger charge is -2.27. The number of rotatable bonds is 1. The highest BCUT2D eigenvalue weighted by Crippen LogP contribution is 2.27. The van der Waals surface area contributed by atoms with Gasteiger partial charge in [0.15, 0.2) is 0 Å². The van der Waals surface area contributed by atoms with E-state index in [4.69, 9.17) is 0 Å². The van der Waals surface area contributed by atoms with Crippen molar-refractivity contribution < 1.29 is 4.79 Å². The number of benzene rings is 2. The zero-order chi connectivity index (χ0) is 15.8. The number of anilines is 1. The molecule has 23 heavy (non-hydrogen) atoms. The number of carbonyl (C=O) groups is 1. The molecule has 2 amide bonds. The Bertz CT molecular complexity index is 881. The summed E-state index contributed by atoms with van der Waals surface area (Å²) in [7, 11) is 0. The van der Waals surface area contributed by atoms with Gasteiger partial charge < -0.3 is 15.2 Å². The third-order valence-corrected chi connectivity index (χ3v) is 4.44. The second-order valence-corrected chi connectivity index (χ2v) is 6.10. The molecule has 0 spiro atoms. The zero-order valence-corrected chi connectivity index (χ0v) is 13.1. The number of para-hydroxylation sites is 1. The standard InChI is InChI=1S/C19H19N3O/c1-13-5-4-6-14(11-13)20-19(23)22-10-9-18-16(12-22)15-7-2-3-8-17(15)21-18/h2-8,11,21H,9-10,12H2,1H3,(H,20,23). The van der Waals surface area contributed by atoms with E-state index in [0.29, 0.717) is 6.54 Å². The number of aromatic nitrogens is 1. The molecular weight excluding hydrogens is 286 g/mol. The van der Waals surface area contributed by atoms with Crippen LogP contribution in [0.5, 0.6) is 0 Å². The fourth-order valence-electron chi connectivity index (χ4n) is 3.27. The van der Waals surface area contributed by atoms with Crippen molar-refractivity contribution in [2.24, 2.45) is 0 Å². The van der Waals surface area contributed by atoms with Crippen molar-refractivity contribution in [3.05, 3.63) is 65.4 Å². The molecule has 0 saturated heterocycles. The maximum Gasteiger partial charge on any atom is 0.322 e. The molecule has 2 aromatic carbocycles. The number of H-pyrrole nitrogens is 1. The molecule has 0 fully saturated rings. The van der Waals surface area contributed by atoms with Crippen LogP contribution < -0.4 is 5.32 Å². The molecule has 2 N–H and O–H groups in total. The van der Waals surface area contributed by atoms with E-state index in [1.807, 2.05) is 48.2 Å². The minimum atomic E-state index is -0.0356. The molecule has 1 aliphatic rings. The number of aryl methyl sites for hydroxylation is 1. The molecule has 0 atom stereocenters. The molecule has 0 unspecified atom stereocenters. The van der Waals surface area contributed by atoms with Crippen LogP contribution in [0.1, 0.15) is 16.8 Å². The molecule has 1 aromatic heterocycles. The summed E-state index contributed by atoms with van der Waals surface area (Å²) in [6.07, 6.45) is 0.866. The molecular formula is C19H19N3O. The molecule has 1 aliphatic heterocycles. The van der Waals surface area contributed by atoms with Gasteiger partial charge in [0.05, 0.1) is 0 Å². The molecule has 0 bridgehead atoms. The predicted octanol–water partition coefficient (Wildman–Crippen LogP) is 4.07. The van der Waals surface area contributed by atoms with E-state index in [2.05, 4.69) is 22.4 Å².